The van der Waals surface area contributed by atoms with Crippen molar-refractivity contribution in [3.63, 3.8) is 0 Å². The standard InChI is InChI=1S/C55H33N3O/c59-55-49-31-53-48(29-44(49)45-30-47-42-21-11-12-22-51(42)57(35-13-3-1-4-14-35)54(47)32-50(45)56-55)46-28-34(24-26-52(46)58(53)36-15-5-2-6-16-36)33-23-25-41-39-19-8-7-17-37(39)38-18-9-10-20-40(38)43(41)27-33/h1-32H,(H,56,59). The smallest absolute Gasteiger partial charge is 0.256 e. The van der Waals surface area contributed by atoms with E-state index >= 15 is 0 Å². The number of rotatable bonds is 3. The number of nitrogens with one attached hydrogen (secondary N) is 1. The van der Waals surface area contributed by atoms with Crippen molar-refractivity contribution < 1.29 is 0 Å². The Morgan fingerprint density at radius 3 is 1.39 bits per heavy atom. The van der Waals surface area contributed by atoms with Crippen LogP contribution in [-0.2, 0) is 0 Å². The average Bonchev–Trinajstić information content (AvgIpc) is 3.79. The number of fused-ring (bicyclic) bond motifs is 15. The Morgan fingerprint density at radius 2 is 0.729 bits per heavy atom. The van der Waals surface area contributed by atoms with Gasteiger partial charge in [0.1, 0.15) is 0 Å². The van der Waals surface area contributed by atoms with Gasteiger partial charge in [-0.25, -0.2) is 0 Å². The van der Waals surface area contributed by atoms with E-state index in [0.717, 1.165) is 71.5 Å². The van der Waals surface area contributed by atoms with Gasteiger partial charge < -0.3 is 14.1 Å². The predicted molar refractivity (Wildman–Crippen MR) is 249 cm³/mol. The number of aromatic nitrogens is 3. The average molecular weight is 752 g/mol. The van der Waals surface area contributed by atoms with Gasteiger partial charge in [-0.05, 0) is 122 Å². The van der Waals surface area contributed by atoms with Crippen LogP contribution < -0.4 is 5.56 Å². The topological polar surface area (TPSA) is 42.7 Å². The molecule has 0 amide bonds. The molecule has 0 aliphatic heterocycles. The van der Waals surface area contributed by atoms with Crippen molar-refractivity contribution in [1.29, 1.82) is 0 Å². The molecule has 0 spiro atoms. The molecular weight excluding hydrogens is 719 g/mol. The van der Waals surface area contributed by atoms with Crippen LogP contribution in [0.1, 0.15) is 0 Å². The number of H-pyrrole nitrogens is 1. The predicted octanol–water partition coefficient (Wildman–Crippen LogP) is 14.0. The Balaban J connectivity index is 1.10. The van der Waals surface area contributed by atoms with Crippen molar-refractivity contribution in [2.75, 3.05) is 0 Å². The zero-order chi connectivity index (χ0) is 38.8. The molecule has 0 radical (unpaired) electrons. The van der Waals surface area contributed by atoms with Crippen LogP contribution in [0.4, 0.5) is 0 Å². The lowest BCUT2D eigenvalue weighted by atomic mass is 9.92. The van der Waals surface area contributed by atoms with E-state index < -0.39 is 0 Å². The highest BCUT2D eigenvalue weighted by Gasteiger charge is 2.20. The van der Waals surface area contributed by atoms with Gasteiger partial charge in [0.2, 0.25) is 0 Å². The van der Waals surface area contributed by atoms with Crippen molar-refractivity contribution in [1.82, 2.24) is 14.1 Å². The Hall–Kier alpha value is -7.95. The molecule has 4 heteroatoms. The number of aromatic amines is 1. The Bertz CT molecular complexity index is 3930. The Kier molecular flexibility index (Phi) is 6.56. The number of benzene rings is 10. The van der Waals surface area contributed by atoms with E-state index in [1.807, 2.05) is 12.1 Å². The summed E-state index contributed by atoms with van der Waals surface area (Å²) in [6.45, 7) is 0. The van der Waals surface area contributed by atoms with E-state index in [-0.39, 0.29) is 5.56 Å². The molecule has 0 saturated heterocycles. The van der Waals surface area contributed by atoms with Gasteiger partial charge in [0.05, 0.1) is 27.6 Å². The van der Waals surface area contributed by atoms with Crippen molar-refractivity contribution in [2.45, 2.75) is 0 Å². The second kappa shape index (κ2) is 12.0. The molecule has 0 bridgehead atoms. The van der Waals surface area contributed by atoms with Gasteiger partial charge in [-0.2, -0.15) is 0 Å². The SMILES string of the molecule is O=c1[nH]c2cc3c(cc2c2cc4c5cc(-c6ccc7c8ccccc8c8ccccc8c7c6)ccc5n(-c5ccccc5)c4cc12)c1ccccc1n3-c1ccccc1. The summed E-state index contributed by atoms with van der Waals surface area (Å²) < 4.78 is 4.59. The van der Waals surface area contributed by atoms with Crippen LogP contribution in [0.25, 0.3) is 120 Å². The van der Waals surface area contributed by atoms with E-state index in [4.69, 9.17) is 0 Å². The summed E-state index contributed by atoms with van der Waals surface area (Å²) in [4.78, 5) is 17.5. The van der Waals surface area contributed by atoms with Crippen molar-refractivity contribution >= 4 is 97.6 Å². The monoisotopic (exact) mass is 751 g/mol. The molecule has 13 rings (SSSR count). The van der Waals surface area contributed by atoms with Crippen LogP contribution in [0.5, 0.6) is 0 Å². The lowest BCUT2D eigenvalue weighted by Crippen LogP contribution is -2.07. The van der Waals surface area contributed by atoms with E-state index in [2.05, 4.69) is 196 Å². The van der Waals surface area contributed by atoms with Gasteiger partial charge in [-0.1, -0.05) is 121 Å². The molecular formula is C55H33N3O. The third-order valence-electron chi connectivity index (χ3n) is 12.6. The van der Waals surface area contributed by atoms with Crippen LogP contribution in [0.15, 0.2) is 199 Å². The third-order valence-corrected chi connectivity index (χ3v) is 12.6. The van der Waals surface area contributed by atoms with E-state index in [1.54, 1.807) is 0 Å². The lowest BCUT2D eigenvalue weighted by molar-refractivity contribution is 1.18. The minimum Gasteiger partial charge on any atom is -0.321 e. The normalized spacial score (nSPS) is 12.1. The summed E-state index contributed by atoms with van der Waals surface area (Å²) in [6, 6.07) is 69.5. The van der Waals surface area contributed by atoms with Crippen molar-refractivity contribution in [3.8, 4) is 22.5 Å². The molecule has 0 aliphatic carbocycles. The highest BCUT2D eigenvalue weighted by molar-refractivity contribution is 6.26. The lowest BCUT2D eigenvalue weighted by Gasteiger charge is -2.12. The molecule has 0 aliphatic rings. The Labute approximate surface area is 337 Å². The molecule has 0 atom stereocenters. The maximum absolute atomic E-state index is 14.2. The summed E-state index contributed by atoms with van der Waals surface area (Å²) in [5.41, 5.74) is 9.45. The third kappa shape index (κ3) is 4.57. The summed E-state index contributed by atoms with van der Waals surface area (Å²) in [5, 5.41) is 14.8. The fourth-order valence-corrected chi connectivity index (χ4v) is 9.98. The van der Waals surface area contributed by atoms with Crippen LogP contribution in [0.3, 0.4) is 0 Å². The van der Waals surface area contributed by atoms with Crippen LogP contribution in [0.2, 0.25) is 0 Å². The number of pyridine rings is 1. The van der Waals surface area contributed by atoms with Crippen LogP contribution >= 0.6 is 0 Å². The molecule has 10 aromatic carbocycles. The summed E-state index contributed by atoms with van der Waals surface area (Å²) in [6.07, 6.45) is 0. The first-order valence-electron chi connectivity index (χ1n) is 20.1. The van der Waals surface area contributed by atoms with Crippen molar-refractivity contribution in [2.24, 2.45) is 0 Å². The number of nitrogens with zero attached hydrogens (tertiary/aromatic N) is 2. The molecule has 0 saturated carbocycles. The fraction of sp³-hybridized carbons (Fsp3) is 0. The first-order chi connectivity index (χ1) is 29.2. The summed E-state index contributed by atoms with van der Waals surface area (Å²) in [7, 11) is 0. The highest BCUT2D eigenvalue weighted by atomic mass is 16.1. The van der Waals surface area contributed by atoms with E-state index in [1.165, 1.54) is 43.3 Å². The number of hydrogen-bond donors (Lipinski definition) is 1. The molecule has 3 aromatic heterocycles. The minimum absolute atomic E-state index is 0.0995. The second-order valence-electron chi connectivity index (χ2n) is 15.7. The summed E-state index contributed by atoms with van der Waals surface area (Å²) >= 11 is 0. The van der Waals surface area contributed by atoms with E-state index in [9.17, 15) is 4.79 Å². The van der Waals surface area contributed by atoms with Gasteiger partial charge in [0.15, 0.2) is 0 Å². The minimum atomic E-state index is -0.0995. The van der Waals surface area contributed by atoms with Gasteiger partial charge >= 0.3 is 0 Å². The number of hydrogen-bond acceptors (Lipinski definition) is 1. The fourth-order valence-electron chi connectivity index (χ4n) is 9.98. The first-order valence-corrected chi connectivity index (χ1v) is 20.1. The second-order valence-corrected chi connectivity index (χ2v) is 15.7. The largest absolute Gasteiger partial charge is 0.321 e. The zero-order valence-electron chi connectivity index (χ0n) is 31.8. The summed E-state index contributed by atoms with van der Waals surface area (Å²) in [5.74, 6) is 0. The highest BCUT2D eigenvalue weighted by Crippen LogP contribution is 2.42. The molecule has 59 heavy (non-hydrogen) atoms. The maximum Gasteiger partial charge on any atom is 0.256 e. The molecule has 13 aromatic rings. The van der Waals surface area contributed by atoms with E-state index in [0.29, 0.717) is 5.39 Å². The van der Waals surface area contributed by atoms with Gasteiger partial charge in [-0.3, -0.25) is 4.79 Å². The van der Waals surface area contributed by atoms with Crippen LogP contribution in [-0.4, -0.2) is 14.1 Å². The molecule has 1 N–H and O–H groups in total. The molecule has 0 unspecified atom stereocenters. The first kappa shape index (κ1) is 32.2. The molecule has 274 valence electrons. The van der Waals surface area contributed by atoms with Crippen molar-refractivity contribution in [3.05, 3.63) is 204 Å². The van der Waals surface area contributed by atoms with Gasteiger partial charge in [-0.15, -0.1) is 0 Å². The molecule has 3 heterocycles. The molecule has 0 fully saturated rings. The van der Waals surface area contributed by atoms with Gasteiger partial charge in [0.25, 0.3) is 5.56 Å². The van der Waals surface area contributed by atoms with Gasteiger partial charge in [0, 0.05) is 43.7 Å². The number of para-hydroxylation sites is 3. The maximum atomic E-state index is 14.2. The quantitative estimate of drug-likeness (QED) is 0.180. The Morgan fingerprint density at radius 1 is 0.288 bits per heavy atom. The van der Waals surface area contributed by atoms with Crippen LogP contribution in [0, 0.1) is 0 Å². The zero-order valence-corrected chi connectivity index (χ0v) is 31.8. The molecule has 4 nitrogen and oxygen atoms in total.